The summed E-state index contributed by atoms with van der Waals surface area (Å²) in [6.45, 7) is 7.34. The zero-order chi connectivity index (χ0) is 27.9. The Morgan fingerprint density at radius 3 is 2.36 bits per heavy atom. The molecule has 2 heterocycles. The van der Waals surface area contributed by atoms with Gasteiger partial charge in [0, 0.05) is 44.5 Å². The number of fused-ring (bicyclic) bond motifs is 1. The molecule has 0 bridgehead atoms. The van der Waals surface area contributed by atoms with Gasteiger partial charge in [-0.2, -0.15) is 0 Å². The van der Waals surface area contributed by atoms with Crippen LogP contribution in [0.4, 0.5) is 5.69 Å². The van der Waals surface area contributed by atoms with E-state index in [0.29, 0.717) is 36.1 Å². The molecular weight excluding hydrogens is 514 g/mol. The van der Waals surface area contributed by atoms with Crippen LogP contribution in [0.1, 0.15) is 33.3 Å². The van der Waals surface area contributed by atoms with Crippen molar-refractivity contribution < 1.29 is 14.4 Å². The van der Waals surface area contributed by atoms with Crippen molar-refractivity contribution in [1.29, 1.82) is 0 Å². The minimum atomic E-state index is -0.505. The standard InChI is InChI=1S/C28H35N7O3S/c1-4-30-11-12-35(23-10-9-20(13-19(23)2)28-32-14-24(39-28)27(29)38)26(37)16-31-15-25(36)33(3)34-17-21-7-5-6-8-22(21)18-34/h5-10,13-14,30-31H,4,11-12,15-18H2,1-3H3,(H2,29,38). The highest BCUT2D eigenvalue weighted by atomic mass is 32.1. The number of hydrazine groups is 1. The summed E-state index contributed by atoms with van der Waals surface area (Å²) in [4.78, 5) is 44.0. The molecule has 10 nitrogen and oxygen atoms in total. The number of nitrogens with two attached hydrogens (primary N) is 1. The molecule has 11 heteroatoms. The molecular formula is C28H35N7O3S. The lowest BCUT2D eigenvalue weighted by atomic mass is 10.1. The predicted molar refractivity (Wildman–Crippen MR) is 153 cm³/mol. The van der Waals surface area contributed by atoms with Gasteiger partial charge < -0.3 is 16.0 Å². The molecule has 4 N–H and O–H groups in total. The molecule has 3 amide bonds. The third-order valence-electron chi connectivity index (χ3n) is 6.71. The van der Waals surface area contributed by atoms with E-state index in [1.54, 1.807) is 17.0 Å². The number of likely N-dealkylation sites (N-methyl/N-ethyl adjacent to an activating group) is 2. The molecule has 0 radical (unpaired) electrons. The van der Waals surface area contributed by atoms with E-state index in [0.717, 1.165) is 23.4 Å². The van der Waals surface area contributed by atoms with Gasteiger partial charge in [-0.25, -0.2) is 9.99 Å². The number of aromatic nitrogens is 1. The lowest BCUT2D eigenvalue weighted by Gasteiger charge is -2.28. The van der Waals surface area contributed by atoms with Gasteiger partial charge in [0.2, 0.25) is 5.91 Å². The van der Waals surface area contributed by atoms with E-state index in [9.17, 15) is 14.4 Å². The second-order valence-electron chi connectivity index (χ2n) is 9.41. The molecule has 3 aromatic rings. The SMILES string of the molecule is CCNCCN(C(=O)CNCC(=O)N(C)N1Cc2ccccc2C1)c1ccc(-c2ncc(C(N)=O)s2)cc1C. The summed E-state index contributed by atoms with van der Waals surface area (Å²) in [7, 11) is 1.76. The predicted octanol–water partition coefficient (Wildman–Crippen LogP) is 2.14. The van der Waals surface area contributed by atoms with E-state index in [-0.39, 0.29) is 24.9 Å². The van der Waals surface area contributed by atoms with Gasteiger partial charge in [0.25, 0.3) is 11.8 Å². The number of primary amides is 1. The van der Waals surface area contributed by atoms with Crippen molar-refractivity contribution in [1.82, 2.24) is 25.6 Å². The number of benzene rings is 2. The molecule has 0 unspecified atom stereocenters. The third-order valence-corrected chi connectivity index (χ3v) is 7.77. The fourth-order valence-corrected chi connectivity index (χ4v) is 5.30. The lowest BCUT2D eigenvalue weighted by Crippen LogP contribution is -2.47. The first-order chi connectivity index (χ1) is 18.8. The normalized spacial score (nSPS) is 12.8. The van der Waals surface area contributed by atoms with Crippen LogP contribution in [0, 0.1) is 6.92 Å². The van der Waals surface area contributed by atoms with E-state index in [2.05, 4.69) is 27.8 Å². The van der Waals surface area contributed by atoms with Crippen molar-refractivity contribution in [2.75, 3.05) is 44.7 Å². The summed E-state index contributed by atoms with van der Waals surface area (Å²) < 4.78 is 0. The molecule has 1 aliphatic rings. The van der Waals surface area contributed by atoms with Crippen LogP contribution in [0.3, 0.4) is 0 Å². The average Bonchev–Trinajstić information content (AvgIpc) is 3.59. The van der Waals surface area contributed by atoms with E-state index in [4.69, 9.17) is 5.73 Å². The Balaban J connectivity index is 1.38. The van der Waals surface area contributed by atoms with Gasteiger partial charge in [-0.3, -0.25) is 24.7 Å². The first-order valence-corrected chi connectivity index (χ1v) is 13.8. The number of anilines is 1. The van der Waals surface area contributed by atoms with E-state index >= 15 is 0 Å². The lowest BCUT2D eigenvalue weighted by molar-refractivity contribution is -0.145. The fraction of sp³-hybridized carbons (Fsp3) is 0.357. The molecule has 1 aromatic heterocycles. The highest BCUT2D eigenvalue weighted by molar-refractivity contribution is 7.16. The quantitative estimate of drug-likeness (QED) is 0.296. The Bertz CT molecular complexity index is 1320. The van der Waals surface area contributed by atoms with Crippen LogP contribution in [-0.2, 0) is 22.7 Å². The number of carbonyl (C=O) groups is 3. The van der Waals surface area contributed by atoms with Crippen LogP contribution in [-0.4, -0.2) is 72.5 Å². The number of amides is 3. The Morgan fingerprint density at radius 2 is 1.74 bits per heavy atom. The average molecular weight is 550 g/mol. The number of aryl methyl sites for hydroxylation is 1. The van der Waals surface area contributed by atoms with Crippen molar-refractivity contribution >= 4 is 34.7 Å². The van der Waals surface area contributed by atoms with Crippen LogP contribution >= 0.6 is 11.3 Å². The molecule has 0 spiro atoms. The second kappa shape index (κ2) is 12.9. The molecule has 0 saturated heterocycles. The monoisotopic (exact) mass is 549 g/mol. The number of thiazole rings is 1. The molecule has 4 rings (SSSR count). The van der Waals surface area contributed by atoms with Crippen molar-refractivity contribution in [3.63, 3.8) is 0 Å². The highest BCUT2D eigenvalue weighted by Crippen LogP contribution is 2.30. The Labute approximate surface area is 232 Å². The molecule has 1 aliphatic heterocycles. The number of nitrogens with one attached hydrogen (secondary N) is 2. The van der Waals surface area contributed by atoms with Gasteiger partial charge in [0.1, 0.15) is 9.88 Å². The molecule has 0 atom stereocenters. The molecule has 39 heavy (non-hydrogen) atoms. The largest absolute Gasteiger partial charge is 0.365 e. The van der Waals surface area contributed by atoms with Gasteiger partial charge in [-0.15, -0.1) is 11.3 Å². The molecule has 0 fully saturated rings. The van der Waals surface area contributed by atoms with Crippen molar-refractivity contribution in [2.45, 2.75) is 26.9 Å². The first kappa shape index (κ1) is 28.4. The van der Waals surface area contributed by atoms with E-state index < -0.39 is 5.91 Å². The van der Waals surface area contributed by atoms with Crippen LogP contribution < -0.4 is 21.3 Å². The maximum Gasteiger partial charge on any atom is 0.260 e. The van der Waals surface area contributed by atoms with Gasteiger partial charge >= 0.3 is 0 Å². The van der Waals surface area contributed by atoms with Gasteiger partial charge in [0.05, 0.1) is 19.3 Å². The van der Waals surface area contributed by atoms with Gasteiger partial charge in [-0.1, -0.05) is 31.2 Å². The maximum absolute atomic E-state index is 13.3. The zero-order valence-electron chi connectivity index (χ0n) is 22.6. The third kappa shape index (κ3) is 6.87. The zero-order valence-corrected chi connectivity index (χ0v) is 23.4. The summed E-state index contributed by atoms with van der Waals surface area (Å²) in [6, 6.07) is 13.9. The number of hydrogen-bond acceptors (Lipinski definition) is 8. The second-order valence-corrected chi connectivity index (χ2v) is 10.4. The Kier molecular flexibility index (Phi) is 9.41. The summed E-state index contributed by atoms with van der Waals surface area (Å²) in [5.41, 5.74) is 10.3. The fourth-order valence-electron chi connectivity index (χ4n) is 4.53. The van der Waals surface area contributed by atoms with Crippen molar-refractivity contribution in [2.24, 2.45) is 5.73 Å². The minimum absolute atomic E-state index is 0.0293. The molecule has 0 saturated carbocycles. The van der Waals surface area contributed by atoms with Gasteiger partial charge in [-0.05, 0) is 48.4 Å². The molecule has 206 valence electrons. The first-order valence-electron chi connectivity index (χ1n) is 12.9. The van der Waals surface area contributed by atoms with Crippen LogP contribution in [0.15, 0.2) is 48.7 Å². The molecule has 0 aliphatic carbocycles. The van der Waals surface area contributed by atoms with Crippen LogP contribution in [0.25, 0.3) is 10.6 Å². The van der Waals surface area contributed by atoms with Crippen molar-refractivity contribution in [3.05, 3.63) is 70.2 Å². The topological polar surface area (TPSA) is 124 Å². The molecule has 2 aromatic carbocycles. The Morgan fingerprint density at radius 1 is 1.05 bits per heavy atom. The summed E-state index contributed by atoms with van der Waals surface area (Å²) in [5, 5.41) is 10.6. The number of rotatable bonds is 12. The maximum atomic E-state index is 13.3. The summed E-state index contributed by atoms with van der Waals surface area (Å²) in [6.07, 6.45) is 1.48. The van der Waals surface area contributed by atoms with E-state index in [1.165, 1.54) is 28.7 Å². The summed E-state index contributed by atoms with van der Waals surface area (Å²) in [5.74, 6) is -0.734. The van der Waals surface area contributed by atoms with Crippen LogP contribution in [0.5, 0.6) is 0 Å². The minimum Gasteiger partial charge on any atom is -0.365 e. The number of carbonyl (C=O) groups excluding carboxylic acids is 3. The van der Waals surface area contributed by atoms with Crippen molar-refractivity contribution in [3.8, 4) is 10.6 Å². The smallest absolute Gasteiger partial charge is 0.260 e. The number of nitrogens with zero attached hydrogens (tertiary/aromatic N) is 4. The Hall–Kier alpha value is -3.64. The van der Waals surface area contributed by atoms with Crippen LogP contribution in [0.2, 0.25) is 0 Å². The summed E-state index contributed by atoms with van der Waals surface area (Å²) >= 11 is 1.24. The van der Waals surface area contributed by atoms with Gasteiger partial charge in [0.15, 0.2) is 0 Å². The van der Waals surface area contributed by atoms with E-state index in [1.807, 2.05) is 49.2 Å². The highest BCUT2D eigenvalue weighted by Gasteiger charge is 2.25. The number of hydrogen-bond donors (Lipinski definition) is 3.